The molecule has 0 saturated heterocycles. The monoisotopic (exact) mass is 415 g/mol. The second-order valence-electron chi connectivity index (χ2n) is 6.04. The number of aromatic amines is 1. The number of nitrogens with one attached hydrogen (secondary N) is 3. The van der Waals surface area contributed by atoms with Gasteiger partial charge in [-0.2, -0.15) is 15.4 Å². The highest BCUT2D eigenvalue weighted by Gasteiger charge is 2.02. The van der Waals surface area contributed by atoms with E-state index in [1.807, 2.05) is 0 Å². The molecular weight excluding hydrogens is 382 g/mol. The van der Waals surface area contributed by atoms with E-state index in [9.17, 15) is 9.59 Å². The molecule has 0 saturated carbocycles. The summed E-state index contributed by atoms with van der Waals surface area (Å²) >= 11 is 0. The minimum absolute atomic E-state index is 0.00287. The predicted molar refractivity (Wildman–Crippen MR) is 104 cm³/mol. The summed E-state index contributed by atoms with van der Waals surface area (Å²) in [5.41, 5.74) is 0.859. The summed E-state index contributed by atoms with van der Waals surface area (Å²) in [7, 11) is 1.60. The molecule has 1 heterocycles. The largest absolute Gasteiger partial charge is 0.379 e. The molecule has 1 rings (SSSR count). The molecule has 0 atom stereocenters. The average molecular weight is 415 g/mol. The van der Waals surface area contributed by atoms with Crippen LogP contribution in [-0.2, 0) is 35.0 Å². The molecule has 166 valence electrons. The summed E-state index contributed by atoms with van der Waals surface area (Å²) in [5, 5.41) is 15.5. The lowest BCUT2D eigenvalue weighted by molar-refractivity contribution is -0.122. The van der Waals surface area contributed by atoms with Crippen LogP contribution in [0.3, 0.4) is 0 Å². The number of H-pyrrole nitrogens is 1. The molecule has 0 aliphatic heterocycles. The van der Waals surface area contributed by atoms with Gasteiger partial charge < -0.3 is 29.6 Å². The lowest BCUT2D eigenvalue weighted by atomic mass is 10.2. The number of ether oxygens (including phenoxy) is 4. The van der Waals surface area contributed by atoms with Crippen LogP contribution in [0.1, 0.15) is 25.0 Å². The van der Waals surface area contributed by atoms with Gasteiger partial charge in [0, 0.05) is 26.4 Å². The molecule has 0 aromatic carbocycles. The van der Waals surface area contributed by atoms with Gasteiger partial charge in [-0.3, -0.25) is 9.59 Å². The van der Waals surface area contributed by atoms with Gasteiger partial charge in [0.1, 0.15) is 0 Å². The molecule has 0 aliphatic carbocycles. The van der Waals surface area contributed by atoms with Crippen molar-refractivity contribution in [1.82, 2.24) is 26.0 Å². The molecule has 0 bridgehead atoms. The van der Waals surface area contributed by atoms with Gasteiger partial charge in [-0.05, 0) is 12.8 Å². The van der Waals surface area contributed by atoms with Crippen LogP contribution in [0.15, 0.2) is 6.20 Å². The summed E-state index contributed by atoms with van der Waals surface area (Å²) in [6, 6.07) is 0. The van der Waals surface area contributed by atoms with Gasteiger partial charge in [0.15, 0.2) is 0 Å². The van der Waals surface area contributed by atoms with Crippen LogP contribution in [0.5, 0.6) is 0 Å². The summed E-state index contributed by atoms with van der Waals surface area (Å²) in [4.78, 5) is 22.6. The van der Waals surface area contributed by atoms with E-state index in [4.69, 9.17) is 18.9 Å². The third-order valence-electron chi connectivity index (χ3n) is 3.74. The predicted octanol–water partition coefficient (Wildman–Crippen LogP) is -0.554. The number of rotatable bonds is 19. The zero-order valence-electron chi connectivity index (χ0n) is 17.1. The third-order valence-corrected chi connectivity index (χ3v) is 3.74. The van der Waals surface area contributed by atoms with Crippen LogP contribution in [-0.4, -0.2) is 93.7 Å². The van der Waals surface area contributed by atoms with Crippen LogP contribution in [0.2, 0.25) is 0 Å². The summed E-state index contributed by atoms with van der Waals surface area (Å²) in [6.45, 7) is 4.11. The number of hydrogen-bond donors (Lipinski definition) is 3. The van der Waals surface area contributed by atoms with Crippen LogP contribution in [0.4, 0.5) is 0 Å². The van der Waals surface area contributed by atoms with E-state index in [-0.39, 0.29) is 11.8 Å². The Bertz CT molecular complexity index is 529. The highest BCUT2D eigenvalue weighted by Crippen LogP contribution is 1.98. The fourth-order valence-electron chi connectivity index (χ4n) is 2.18. The number of nitrogens with zero attached hydrogens (tertiary/aromatic N) is 2. The first-order valence-corrected chi connectivity index (χ1v) is 9.85. The van der Waals surface area contributed by atoms with Crippen molar-refractivity contribution in [3.8, 4) is 0 Å². The third kappa shape index (κ3) is 15.5. The van der Waals surface area contributed by atoms with E-state index in [2.05, 4.69) is 26.0 Å². The van der Waals surface area contributed by atoms with Crippen LogP contribution < -0.4 is 10.6 Å². The first-order chi connectivity index (χ1) is 14.2. The fourth-order valence-corrected chi connectivity index (χ4v) is 2.18. The first kappa shape index (κ1) is 25.0. The zero-order chi connectivity index (χ0) is 21.0. The van der Waals surface area contributed by atoms with Gasteiger partial charge in [0.05, 0.1) is 64.7 Å². The van der Waals surface area contributed by atoms with Gasteiger partial charge in [0.25, 0.3) is 0 Å². The van der Waals surface area contributed by atoms with Gasteiger partial charge in [0.2, 0.25) is 11.8 Å². The Morgan fingerprint density at radius 1 is 0.897 bits per heavy atom. The Morgan fingerprint density at radius 3 is 2.10 bits per heavy atom. The van der Waals surface area contributed by atoms with Crippen molar-refractivity contribution in [3.05, 3.63) is 11.9 Å². The molecule has 11 heteroatoms. The lowest BCUT2D eigenvalue weighted by Crippen LogP contribution is -2.27. The van der Waals surface area contributed by atoms with E-state index in [0.29, 0.717) is 72.2 Å². The first-order valence-electron chi connectivity index (χ1n) is 9.85. The van der Waals surface area contributed by atoms with Crippen molar-refractivity contribution in [2.24, 2.45) is 0 Å². The van der Waals surface area contributed by atoms with E-state index in [1.54, 1.807) is 13.2 Å². The van der Waals surface area contributed by atoms with E-state index in [1.165, 1.54) is 0 Å². The van der Waals surface area contributed by atoms with Crippen LogP contribution >= 0.6 is 0 Å². The molecule has 0 spiro atoms. The molecule has 1 aromatic heterocycles. The number of carbonyl (C=O) groups is 2. The highest BCUT2D eigenvalue weighted by molar-refractivity contribution is 5.76. The molecule has 0 aliphatic rings. The molecule has 3 N–H and O–H groups in total. The number of amides is 2. The minimum atomic E-state index is -0.0388. The Hall–Kier alpha value is -2.08. The van der Waals surface area contributed by atoms with Gasteiger partial charge in [-0.25, -0.2) is 0 Å². The highest BCUT2D eigenvalue weighted by atomic mass is 16.6. The molecular formula is C18H33N5O6. The van der Waals surface area contributed by atoms with E-state index >= 15 is 0 Å². The minimum Gasteiger partial charge on any atom is -0.379 e. The number of carbonyl (C=O) groups excluding carboxylic acids is 2. The molecule has 0 fully saturated rings. The van der Waals surface area contributed by atoms with Crippen molar-refractivity contribution >= 4 is 11.8 Å². The van der Waals surface area contributed by atoms with Crippen LogP contribution in [0.25, 0.3) is 0 Å². The SMILES string of the molecule is CNC(=O)CCOCCOCCOCCOCCNC(=O)CCCc1cn[nH]n1. The van der Waals surface area contributed by atoms with Gasteiger partial charge in [-0.15, -0.1) is 0 Å². The standard InChI is InChI=1S/C18H33N5O6/c1-19-17(24)5-7-26-9-11-28-13-14-29-12-10-27-8-6-20-18(25)4-2-3-16-15-21-23-22-16/h15H,2-14H2,1H3,(H,19,24)(H,20,25)(H,21,22,23). The number of hydrogen-bond acceptors (Lipinski definition) is 8. The number of aromatic nitrogens is 3. The second kappa shape index (κ2) is 18.0. The molecule has 0 unspecified atom stereocenters. The molecule has 0 radical (unpaired) electrons. The van der Waals surface area contributed by atoms with Crippen molar-refractivity contribution in [2.45, 2.75) is 25.7 Å². The molecule has 1 aromatic rings. The second-order valence-corrected chi connectivity index (χ2v) is 6.04. The maximum Gasteiger partial charge on any atom is 0.222 e. The molecule has 11 nitrogen and oxygen atoms in total. The number of aryl methyl sites for hydroxylation is 1. The molecule has 2 amide bonds. The quantitative estimate of drug-likeness (QED) is 0.256. The van der Waals surface area contributed by atoms with E-state index in [0.717, 1.165) is 18.5 Å². The van der Waals surface area contributed by atoms with Gasteiger partial charge >= 0.3 is 0 Å². The smallest absolute Gasteiger partial charge is 0.222 e. The summed E-state index contributed by atoms with van der Waals surface area (Å²) < 4.78 is 21.4. The van der Waals surface area contributed by atoms with E-state index < -0.39 is 0 Å². The van der Waals surface area contributed by atoms with Crippen molar-refractivity contribution < 1.29 is 28.5 Å². The molecule has 29 heavy (non-hydrogen) atoms. The Balaban J connectivity index is 1.73. The van der Waals surface area contributed by atoms with Crippen LogP contribution in [0, 0.1) is 0 Å². The average Bonchev–Trinajstić information content (AvgIpc) is 3.24. The van der Waals surface area contributed by atoms with Crippen molar-refractivity contribution in [1.29, 1.82) is 0 Å². The summed E-state index contributed by atoms with van der Waals surface area (Å²) in [6.07, 6.45) is 3.93. The fraction of sp³-hybridized carbons (Fsp3) is 0.778. The topological polar surface area (TPSA) is 137 Å². The Morgan fingerprint density at radius 2 is 1.52 bits per heavy atom. The summed E-state index contributed by atoms with van der Waals surface area (Å²) in [5.74, 6) is -0.0359. The maximum absolute atomic E-state index is 11.7. The Kier molecular flexibility index (Phi) is 15.5. The Labute approximate surface area is 171 Å². The lowest BCUT2D eigenvalue weighted by Gasteiger charge is -2.08. The maximum atomic E-state index is 11.7. The normalized spacial score (nSPS) is 10.8. The van der Waals surface area contributed by atoms with Crippen molar-refractivity contribution in [3.63, 3.8) is 0 Å². The van der Waals surface area contributed by atoms with Crippen molar-refractivity contribution in [2.75, 3.05) is 66.4 Å². The zero-order valence-corrected chi connectivity index (χ0v) is 17.1. The van der Waals surface area contributed by atoms with Gasteiger partial charge in [-0.1, -0.05) is 0 Å².